The first-order valence-electron chi connectivity index (χ1n) is 9.20. The second-order valence-corrected chi connectivity index (χ2v) is 10.0. The third-order valence-electron chi connectivity index (χ3n) is 4.29. The normalized spacial score (nSPS) is 14.8. The minimum absolute atomic E-state index is 0.231. The zero-order valence-electron chi connectivity index (χ0n) is 16.2. The van der Waals surface area contributed by atoms with Crippen molar-refractivity contribution in [3.63, 3.8) is 0 Å². The minimum atomic E-state index is -0.425. The highest BCUT2D eigenvalue weighted by molar-refractivity contribution is 8.26. The number of thioether (sulfide) groups is 1. The molecule has 0 unspecified atom stereocenters. The molecule has 0 aliphatic carbocycles. The van der Waals surface area contributed by atoms with E-state index >= 15 is 0 Å². The molecule has 2 aromatic carbocycles. The van der Waals surface area contributed by atoms with Crippen LogP contribution in [0.3, 0.4) is 0 Å². The molecule has 4 rings (SSSR count). The highest BCUT2D eigenvalue weighted by Crippen LogP contribution is 2.34. The average molecular weight is 521 g/mol. The first-order valence-corrected chi connectivity index (χ1v) is 12.1. The van der Waals surface area contributed by atoms with E-state index in [1.165, 1.54) is 11.3 Å². The molecule has 1 aliphatic heterocycles. The van der Waals surface area contributed by atoms with Crippen LogP contribution in [0.4, 0.5) is 0 Å². The Morgan fingerprint density at radius 3 is 2.69 bits per heavy atom. The van der Waals surface area contributed by atoms with Crippen molar-refractivity contribution < 1.29 is 14.3 Å². The number of nitrogens with one attached hydrogen (secondary N) is 1. The van der Waals surface area contributed by atoms with Gasteiger partial charge in [-0.15, -0.1) is 11.3 Å². The van der Waals surface area contributed by atoms with Crippen LogP contribution in [-0.2, 0) is 11.4 Å². The van der Waals surface area contributed by atoms with Gasteiger partial charge in [0.2, 0.25) is 0 Å². The third kappa shape index (κ3) is 5.33. The lowest BCUT2D eigenvalue weighted by Crippen LogP contribution is -2.44. The number of carbonyl (C=O) groups excluding carboxylic acids is 2. The first-order chi connectivity index (χ1) is 15.4. The molecular weight excluding hydrogens is 507 g/mol. The molecule has 0 radical (unpaired) electrons. The van der Waals surface area contributed by atoms with Crippen LogP contribution in [0, 0.1) is 0 Å². The van der Waals surface area contributed by atoms with Gasteiger partial charge in [0.05, 0.1) is 9.78 Å². The monoisotopic (exact) mass is 520 g/mol. The van der Waals surface area contributed by atoms with Crippen LogP contribution in [-0.4, -0.2) is 21.1 Å². The zero-order chi connectivity index (χ0) is 22.7. The van der Waals surface area contributed by atoms with E-state index in [1.807, 2.05) is 18.2 Å². The number of ether oxygens (including phenoxy) is 1. The predicted octanol–water partition coefficient (Wildman–Crippen LogP) is 6.18. The third-order valence-corrected chi connectivity index (χ3v) is 6.93. The average Bonchev–Trinajstić information content (AvgIpc) is 3.38. The zero-order valence-corrected chi connectivity index (χ0v) is 20.2. The van der Waals surface area contributed by atoms with Crippen molar-refractivity contribution >= 4 is 80.7 Å². The number of rotatable bonds is 6. The molecular formula is C22H14Cl2N2O3S3. The molecule has 0 atom stereocenters. The molecule has 10 heteroatoms. The van der Waals surface area contributed by atoms with E-state index in [0.29, 0.717) is 37.7 Å². The number of halogens is 2. The smallest absolute Gasteiger partial charge is 0.285 e. The number of thiocarbonyl (C=S) groups is 1. The number of hydrogen-bond donors (Lipinski definition) is 1. The van der Waals surface area contributed by atoms with Gasteiger partial charge in [-0.05, 0) is 65.6 Å². The van der Waals surface area contributed by atoms with Gasteiger partial charge in [0, 0.05) is 15.6 Å². The lowest BCUT2D eigenvalue weighted by molar-refractivity contribution is -0.123. The summed E-state index contributed by atoms with van der Waals surface area (Å²) < 4.78 is 6.18. The summed E-state index contributed by atoms with van der Waals surface area (Å²) in [7, 11) is 0. The van der Waals surface area contributed by atoms with Gasteiger partial charge < -0.3 is 4.74 Å². The fourth-order valence-electron chi connectivity index (χ4n) is 2.82. The number of carbonyl (C=O) groups is 2. The molecule has 1 aromatic heterocycles. The maximum Gasteiger partial charge on any atom is 0.285 e. The van der Waals surface area contributed by atoms with Gasteiger partial charge in [-0.3, -0.25) is 15.0 Å². The molecule has 5 nitrogen and oxygen atoms in total. The number of thiophene rings is 1. The van der Waals surface area contributed by atoms with E-state index in [1.54, 1.807) is 47.9 Å². The lowest BCUT2D eigenvalue weighted by Gasteiger charge is -2.14. The minimum Gasteiger partial charge on any atom is -0.488 e. The van der Waals surface area contributed by atoms with Crippen LogP contribution in [0.15, 0.2) is 64.9 Å². The molecule has 162 valence electrons. The standard InChI is InChI=1S/C22H14Cl2N2O3S3/c23-15-4-1-3-13(9-15)12-29-17-7-6-16(24)10-14(17)11-19-21(28)26(22(30)32-19)25-20(27)18-5-2-8-31-18/h1-11H,12H2,(H,25,27)/b19-11+. The summed E-state index contributed by atoms with van der Waals surface area (Å²) in [6, 6.07) is 15.9. The Bertz CT molecular complexity index is 1230. The molecule has 0 saturated carbocycles. The summed E-state index contributed by atoms with van der Waals surface area (Å²) in [4.78, 5) is 26.0. The second kappa shape index (κ2) is 10.1. The fraction of sp³-hybridized carbons (Fsp3) is 0.0455. The molecule has 1 saturated heterocycles. The van der Waals surface area contributed by atoms with Crippen LogP contribution < -0.4 is 10.2 Å². The van der Waals surface area contributed by atoms with Gasteiger partial charge in [0.25, 0.3) is 11.8 Å². The largest absolute Gasteiger partial charge is 0.488 e. The summed E-state index contributed by atoms with van der Waals surface area (Å²) in [5.41, 5.74) is 4.08. The van der Waals surface area contributed by atoms with Crippen LogP contribution in [0.5, 0.6) is 5.75 Å². The number of hydrogen-bond acceptors (Lipinski definition) is 6. The summed E-state index contributed by atoms with van der Waals surface area (Å²) in [6.45, 7) is 0.293. The molecule has 1 N–H and O–H groups in total. The molecule has 1 aliphatic rings. The summed E-state index contributed by atoms with van der Waals surface area (Å²) in [5, 5.41) is 3.97. The topological polar surface area (TPSA) is 58.6 Å². The highest BCUT2D eigenvalue weighted by atomic mass is 35.5. The van der Waals surface area contributed by atoms with E-state index in [4.69, 9.17) is 40.2 Å². The lowest BCUT2D eigenvalue weighted by atomic mass is 10.1. The maximum absolute atomic E-state index is 12.9. The Balaban J connectivity index is 1.54. The van der Waals surface area contributed by atoms with E-state index < -0.39 is 11.8 Å². The predicted molar refractivity (Wildman–Crippen MR) is 134 cm³/mol. The molecule has 32 heavy (non-hydrogen) atoms. The molecule has 3 aromatic rings. The van der Waals surface area contributed by atoms with E-state index in [-0.39, 0.29) is 4.32 Å². The van der Waals surface area contributed by atoms with E-state index in [2.05, 4.69) is 5.43 Å². The Hall–Kier alpha value is -2.36. The second-order valence-electron chi connectivity index (χ2n) is 6.54. The van der Waals surface area contributed by atoms with Crippen molar-refractivity contribution in [2.45, 2.75) is 6.61 Å². The number of nitrogens with zero attached hydrogens (tertiary/aromatic N) is 1. The van der Waals surface area contributed by atoms with Crippen molar-refractivity contribution in [2.24, 2.45) is 0 Å². The number of amides is 2. The molecule has 0 bridgehead atoms. The van der Waals surface area contributed by atoms with E-state index in [0.717, 1.165) is 22.3 Å². The summed E-state index contributed by atoms with van der Waals surface area (Å²) in [6.07, 6.45) is 1.65. The van der Waals surface area contributed by atoms with Gasteiger partial charge in [-0.25, -0.2) is 0 Å². The number of hydrazine groups is 1. The maximum atomic E-state index is 12.9. The quantitative estimate of drug-likeness (QED) is 0.310. The van der Waals surface area contributed by atoms with Crippen LogP contribution in [0.2, 0.25) is 10.0 Å². The Morgan fingerprint density at radius 1 is 1.12 bits per heavy atom. The molecule has 2 heterocycles. The molecule has 0 spiro atoms. The summed E-state index contributed by atoms with van der Waals surface area (Å²) in [5.74, 6) is -0.279. The van der Waals surface area contributed by atoms with Crippen LogP contribution >= 0.6 is 58.5 Å². The van der Waals surface area contributed by atoms with Gasteiger partial charge >= 0.3 is 0 Å². The van der Waals surface area contributed by atoms with Gasteiger partial charge in [0.15, 0.2) is 4.32 Å². The van der Waals surface area contributed by atoms with Crippen molar-refractivity contribution in [1.82, 2.24) is 10.4 Å². The molecule has 2 amide bonds. The molecule has 1 fully saturated rings. The fourth-order valence-corrected chi connectivity index (χ4v) is 5.00. The van der Waals surface area contributed by atoms with Gasteiger partial charge in [0.1, 0.15) is 12.4 Å². The highest BCUT2D eigenvalue weighted by Gasteiger charge is 2.34. The van der Waals surface area contributed by atoms with E-state index in [9.17, 15) is 9.59 Å². The Morgan fingerprint density at radius 2 is 1.94 bits per heavy atom. The van der Waals surface area contributed by atoms with Crippen molar-refractivity contribution in [1.29, 1.82) is 0 Å². The van der Waals surface area contributed by atoms with Gasteiger partial charge in [-0.2, -0.15) is 5.01 Å². The van der Waals surface area contributed by atoms with Crippen LogP contribution in [0.25, 0.3) is 6.08 Å². The Labute approximate surface area is 207 Å². The van der Waals surface area contributed by atoms with Crippen molar-refractivity contribution in [3.8, 4) is 5.75 Å². The Kier molecular flexibility index (Phi) is 7.17. The first kappa shape index (κ1) is 22.8. The SMILES string of the molecule is O=C(NN1C(=O)/C(=C\c2cc(Cl)ccc2OCc2cccc(Cl)c2)SC1=S)c1cccs1. The summed E-state index contributed by atoms with van der Waals surface area (Å²) >= 11 is 19.9. The van der Waals surface area contributed by atoms with Gasteiger partial charge in [-0.1, -0.05) is 53.2 Å². The number of benzene rings is 2. The van der Waals surface area contributed by atoms with Crippen molar-refractivity contribution in [3.05, 3.63) is 90.9 Å². The van der Waals surface area contributed by atoms with Crippen molar-refractivity contribution in [2.75, 3.05) is 0 Å². The van der Waals surface area contributed by atoms with Crippen LogP contribution in [0.1, 0.15) is 20.8 Å².